The fraction of sp³-hybridized carbons (Fsp3) is 0.400. The highest BCUT2D eigenvalue weighted by atomic mass is 16.2. The van der Waals surface area contributed by atoms with Gasteiger partial charge in [0.05, 0.1) is 0 Å². The van der Waals surface area contributed by atoms with Gasteiger partial charge >= 0.3 is 6.03 Å². The van der Waals surface area contributed by atoms with Crippen LogP contribution in [0.4, 0.5) is 4.79 Å². The summed E-state index contributed by atoms with van der Waals surface area (Å²) in [4.78, 5) is 14.7. The quantitative estimate of drug-likeness (QED) is 0.759. The summed E-state index contributed by atoms with van der Waals surface area (Å²) in [6, 6.07) is 8.18. The predicted molar refractivity (Wildman–Crippen MR) is 78.2 cm³/mol. The monoisotopic (exact) mass is 259 g/mol. The van der Waals surface area contributed by atoms with E-state index in [0.29, 0.717) is 19.0 Å². The van der Waals surface area contributed by atoms with Gasteiger partial charge in [-0.15, -0.1) is 0 Å². The van der Waals surface area contributed by atoms with Gasteiger partial charge in [-0.1, -0.05) is 26.0 Å². The van der Waals surface area contributed by atoms with Crippen LogP contribution in [0, 0.1) is 5.92 Å². The van der Waals surface area contributed by atoms with E-state index in [1.54, 1.807) is 0 Å². The molecule has 0 unspecified atom stereocenters. The standard InChI is InChI=1S/C15H21N3O/c1-11(2)10-18-15(19)17-8-6-12-4-3-5-14-13(12)7-9-16-14/h3-5,7,9,11,16H,6,8,10H2,1-2H3,(H2,17,18,19). The van der Waals surface area contributed by atoms with E-state index in [1.165, 1.54) is 10.9 Å². The number of rotatable bonds is 5. The Labute approximate surface area is 113 Å². The van der Waals surface area contributed by atoms with E-state index in [9.17, 15) is 4.79 Å². The second kappa shape index (κ2) is 6.27. The van der Waals surface area contributed by atoms with Crippen molar-refractivity contribution < 1.29 is 4.79 Å². The van der Waals surface area contributed by atoms with Gasteiger partial charge in [-0.3, -0.25) is 0 Å². The van der Waals surface area contributed by atoms with Crippen LogP contribution in [0.25, 0.3) is 10.9 Å². The average molecular weight is 259 g/mol. The smallest absolute Gasteiger partial charge is 0.314 e. The van der Waals surface area contributed by atoms with Crippen molar-refractivity contribution in [2.75, 3.05) is 13.1 Å². The van der Waals surface area contributed by atoms with Crippen molar-refractivity contribution in [1.29, 1.82) is 0 Å². The Hall–Kier alpha value is -1.97. The number of urea groups is 1. The van der Waals surface area contributed by atoms with Crippen LogP contribution >= 0.6 is 0 Å². The molecule has 0 aliphatic rings. The number of aromatic amines is 1. The number of nitrogens with one attached hydrogen (secondary N) is 3. The Kier molecular flexibility index (Phi) is 4.44. The number of hydrogen-bond acceptors (Lipinski definition) is 1. The van der Waals surface area contributed by atoms with Crippen molar-refractivity contribution in [2.24, 2.45) is 5.92 Å². The van der Waals surface area contributed by atoms with Gasteiger partial charge in [0.1, 0.15) is 0 Å². The molecule has 1 heterocycles. The maximum atomic E-state index is 11.5. The fourth-order valence-electron chi connectivity index (χ4n) is 2.04. The molecular formula is C15H21N3O. The van der Waals surface area contributed by atoms with Crippen molar-refractivity contribution >= 4 is 16.9 Å². The molecule has 1 aromatic carbocycles. The molecule has 0 saturated heterocycles. The van der Waals surface area contributed by atoms with Crippen molar-refractivity contribution in [3.8, 4) is 0 Å². The molecule has 2 aromatic rings. The molecule has 3 N–H and O–H groups in total. The zero-order chi connectivity index (χ0) is 13.7. The first-order chi connectivity index (χ1) is 9.16. The van der Waals surface area contributed by atoms with Crippen LogP contribution in [0.5, 0.6) is 0 Å². The SMILES string of the molecule is CC(C)CNC(=O)NCCc1cccc2[nH]ccc12. The molecular weight excluding hydrogens is 238 g/mol. The third kappa shape index (κ3) is 3.74. The number of carbonyl (C=O) groups excluding carboxylic acids is 1. The van der Waals surface area contributed by atoms with Crippen molar-refractivity contribution in [2.45, 2.75) is 20.3 Å². The Balaban J connectivity index is 1.82. The third-order valence-electron chi connectivity index (χ3n) is 3.04. The third-order valence-corrected chi connectivity index (χ3v) is 3.04. The summed E-state index contributed by atoms with van der Waals surface area (Å²) in [5.74, 6) is 0.472. The van der Waals surface area contributed by atoms with Crippen LogP contribution < -0.4 is 10.6 Å². The molecule has 0 aliphatic heterocycles. The summed E-state index contributed by atoms with van der Waals surface area (Å²) < 4.78 is 0. The number of aromatic nitrogens is 1. The average Bonchev–Trinajstić information content (AvgIpc) is 2.85. The summed E-state index contributed by atoms with van der Waals surface area (Å²) in [6.07, 6.45) is 2.78. The summed E-state index contributed by atoms with van der Waals surface area (Å²) in [6.45, 7) is 5.51. The van der Waals surface area contributed by atoms with E-state index in [-0.39, 0.29) is 6.03 Å². The van der Waals surface area contributed by atoms with Crippen LogP contribution in [0.1, 0.15) is 19.4 Å². The maximum absolute atomic E-state index is 11.5. The van der Waals surface area contributed by atoms with Gasteiger partial charge in [0.15, 0.2) is 0 Å². The minimum atomic E-state index is -0.0880. The first-order valence-electron chi connectivity index (χ1n) is 6.73. The van der Waals surface area contributed by atoms with Crippen molar-refractivity contribution in [1.82, 2.24) is 15.6 Å². The van der Waals surface area contributed by atoms with Gasteiger partial charge in [-0.2, -0.15) is 0 Å². The Morgan fingerprint density at radius 2 is 2.11 bits per heavy atom. The lowest BCUT2D eigenvalue weighted by Gasteiger charge is -2.09. The molecule has 2 rings (SSSR count). The Morgan fingerprint density at radius 3 is 2.89 bits per heavy atom. The van der Waals surface area contributed by atoms with Gasteiger partial charge in [-0.05, 0) is 30.0 Å². The molecule has 4 nitrogen and oxygen atoms in total. The molecule has 1 aromatic heterocycles. The molecule has 0 saturated carbocycles. The highest BCUT2D eigenvalue weighted by molar-refractivity contribution is 5.83. The molecule has 0 atom stereocenters. The lowest BCUT2D eigenvalue weighted by atomic mass is 10.1. The number of benzene rings is 1. The highest BCUT2D eigenvalue weighted by Crippen LogP contribution is 2.17. The van der Waals surface area contributed by atoms with Gasteiger partial charge < -0.3 is 15.6 Å². The molecule has 0 bridgehead atoms. The van der Waals surface area contributed by atoms with Crippen molar-refractivity contribution in [3.63, 3.8) is 0 Å². The number of H-pyrrole nitrogens is 1. The maximum Gasteiger partial charge on any atom is 0.314 e. The molecule has 0 radical (unpaired) electrons. The van der Waals surface area contributed by atoms with Gasteiger partial charge in [-0.25, -0.2) is 4.79 Å². The largest absolute Gasteiger partial charge is 0.361 e. The minimum absolute atomic E-state index is 0.0880. The zero-order valence-electron chi connectivity index (χ0n) is 11.5. The molecule has 0 fully saturated rings. The molecule has 2 amide bonds. The van der Waals surface area contributed by atoms with Crippen LogP contribution in [-0.4, -0.2) is 24.1 Å². The second-order valence-corrected chi connectivity index (χ2v) is 5.14. The molecule has 0 aliphatic carbocycles. The highest BCUT2D eigenvalue weighted by Gasteiger charge is 2.03. The van der Waals surface area contributed by atoms with Crippen molar-refractivity contribution in [3.05, 3.63) is 36.0 Å². The van der Waals surface area contributed by atoms with E-state index >= 15 is 0 Å². The van der Waals surface area contributed by atoms with Gasteiger partial charge in [0.25, 0.3) is 0 Å². The number of carbonyl (C=O) groups is 1. The fourth-order valence-corrected chi connectivity index (χ4v) is 2.04. The van der Waals surface area contributed by atoms with Crippen LogP contribution in [0.3, 0.4) is 0 Å². The normalized spacial score (nSPS) is 10.9. The number of amides is 2. The summed E-state index contributed by atoms with van der Waals surface area (Å²) in [5, 5.41) is 6.96. The topological polar surface area (TPSA) is 56.9 Å². The first-order valence-corrected chi connectivity index (χ1v) is 6.73. The Morgan fingerprint density at radius 1 is 1.26 bits per heavy atom. The van der Waals surface area contributed by atoms with Crippen LogP contribution in [0.15, 0.2) is 30.5 Å². The molecule has 102 valence electrons. The molecule has 0 spiro atoms. The predicted octanol–water partition coefficient (Wildman–Crippen LogP) is 2.67. The molecule has 4 heteroatoms. The van der Waals surface area contributed by atoms with E-state index in [4.69, 9.17) is 0 Å². The zero-order valence-corrected chi connectivity index (χ0v) is 11.5. The Bertz CT molecular complexity index is 545. The van der Waals surface area contributed by atoms with E-state index in [1.807, 2.05) is 12.3 Å². The minimum Gasteiger partial charge on any atom is -0.361 e. The lowest BCUT2D eigenvalue weighted by Crippen LogP contribution is -2.38. The molecule has 19 heavy (non-hydrogen) atoms. The summed E-state index contributed by atoms with van der Waals surface area (Å²) >= 11 is 0. The number of hydrogen-bond donors (Lipinski definition) is 3. The second-order valence-electron chi connectivity index (χ2n) is 5.14. The lowest BCUT2D eigenvalue weighted by molar-refractivity contribution is 0.239. The number of fused-ring (bicyclic) bond motifs is 1. The van der Waals surface area contributed by atoms with Crippen LogP contribution in [-0.2, 0) is 6.42 Å². The summed E-state index contributed by atoms with van der Waals surface area (Å²) in [5.41, 5.74) is 2.39. The van der Waals surface area contributed by atoms with E-state index < -0.39 is 0 Å². The van der Waals surface area contributed by atoms with E-state index in [2.05, 4.69) is 47.7 Å². The van der Waals surface area contributed by atoms with Gasteiger partial charge in [0.2, 0.25) is 0 Å². The van der Waals surface area contributed by atoms with E-state index in [0.717, 1.165) is 11.9 Å². The first kappa shape index (κ1) is 13.5. The van der Waals surface area contributed by atoms with Crippen LogP contribution in [0.2, 0.25) is 0 Å². The van der Waals surface area contributed by atoms with Gasteiger partial charge in [0, 0.05) is 30.2 Å². The summed E-state index contributed by atoms with van der Waals surface area (Å²) in [7, 11) is 0.